The van der Waals surface area contributed by atoms with Gasteiger partial charge in [-0.1, -0.05) is 31.2 Å². The first kappa shape index (κ1) is 12.1. The molecule has 1 aromatic carbocycles. The van der Waals surface area contributed by atoms with Gasteiger partial charge in [-0.2, -0.15) is 0 Å². The van der Waals surface area contributed by atoms with E-state index in [4.69, 9.17) is 11.6 Å². The quantitative estimate of drug-likeness (QED) is 0.767. The summed E-state index contributed by atoms with van der Waals surface area (Å²) < 4.78 is 0. The minimum atomic E-state index is 0.0101. The number of carbonyl (C=O) groups excluding carboxylic acids is 1. The van der Waals surface area contributed by atoms with Crippen LogP contribution in [-0.4, -0.2) is 11.8 Å². The van der Waals surface area contributed by atoms with Crippen molar-refractivity contribution in [3.05, 3.63) is 35.4 Å². The fraction of sp³-hybridized carbons (Fsp3) is 0.417. The molecule has 0 aliphatic rings. The van der Waals surface area contributed by atoms with E-state index in [9.17, 15) is 4.79 Å². The lowest BCUT2D eigenvalue weighted by atomic mass is 10.1. The third kappa shape index (κ3) is 3.92. The monoisotopic (exact) mass is 225 g/mol. The van der Waals surface area contributed by atoms with Gasteiger partial charge in [0.15, 0.2) is 0 Å². The maximum absolute atomic E-state index is 11.2. The van der Waals surface area contributed by atoms with Gasteiger partial charge in [0.25, 0.3) is 0 Å². The number of nitrogens with one attached hydrogen (secondary N) is 1. The molecule has 0 aliphatic carbocycles. The van der Waals surface area contributed by atoms with E-state index in [2.05, 4.69) is 18.3 Å². The van der Waals surface area contributed by atoms with Crippen molar-refractivity contribution in [2.45, 2.75) is 26.3 Å². The third-order valence-corrected chi connectivity index (χ3v) is 2.49. The average molecular weight is 226 g/mol. The summed E-state index contributed by atoms with van der Waals surface area (Å²) in [5, 5.41) is 2.85. The van der Waals surface area contributed by atoms with Crippen LogP contribution in [0, 0.1) is 0 Å². The Balaban J connectivity index is 2.53. The molecule has 0 bridgehead atoms. The highest BCUT2D eigenvalue weighted by atomic mass is 35.5. The van der Waals surface area contributed by atoms with Crippen molar-refractivity contribution in [3.63, 3.8) is 0 Å². The van der Waals surface area contributed by atoms with E-state index < -0.39 is 0 Å². The number of carbonyl (C=O) groups is 1. The number of halogens is 1. The number of benzene rings is 1. The molecule has 0 atom stereocenters. The molecule has 2 nitrogen and oxygen atoms in total. The van der Waals surface area contributed by atoms with Gasteiger partial charge in [-0.15, -0.1) is 11.6 Å². The number of amides is 1. The number of hydrogen-bond donors (Lipinski definition) is 1. The van der Waals surface area contributed by atoms with Crippen molar-refractivity contribution in [1.29, 1.82) is 0 Å². The second-order valence-electron chi connectivity index (χ2n) is 3.34. The predicted molar refractivity (Wildman–Crippen MR) is 63.0 cm³/mol. The number of hydrogen-bond acceptors (Lipinski definition) is 1. The molecule has 0 aromatic heterocycles. The topological polar surface area (TPSA) is 29.1 Å². The number of rotatable bonds is 5. The summed E-state index contributed by atoms with van der Waals surface area (Å²) in [5.74, 6) is 0.386. The third-order valence-electron chi connectivity index (χ3n) is 2.30. The zero-order chi connectivity index (χ0) is 11.1. The minimum absolute atomic E-state index is 0.0101. The van der Waals surface area contributed by atoms with Crippen molar-refractivity contribution in [2.75, 3.05) is 5.88 Å². The van der Waals surface area contributed by atoms with Crippen LogP contribution in [0.4, 0.5) is 0 Å². The van der Waals surface area contributed by atoms with Gasteiger partial charge in [0.05, 0.1) is 0 Å². The lowest BCUT2D eigenvalue weighted by Gasteiger charge is -2.08. The molecule has 1 rings (SSSR count). The SMILES string of the molecule is CCc1ccccc1CNC(=O)CCCl. The van der Waals surface area contributed by atoms with Gasteiger partial charge in [-0.05, 0) is 17.5 Å². The lowest BCUT2D eigenvalue weighted by molar-refractivity contribution is -0.120. The Hall–Kier alpha value is -1.02. The summed E-state index contributed by atoms with van der Waals surface area (Å²) in [5.41, 5.74) is 2.46. The van der Waals surface area contributed by atoms with E-state index in [1.165, 1.54) is 11.1 Å². The van der Waals surface area contributed by atoms with Crippen molar-refractivity contribution < 1.29 is 4.79 Å². The number of aryl methyl sites for hydroxylation is 1. The highest BCUT2D eigenvalue weighted by molar-refractivity contribution is 6.18. The van der Waals surface area contributed by atoms with Crippen LogP contribution in [0.2, 0.25) is 0 Å². The zero-order valence-electron chi connectivity index (χ0n) is 8.92. The summed E-state index contributed by atoms with van der Waals surface area (Å²) >= 11 is 5.48. The van der Waals surface area contributed by atoms with E-state index in [-0.39, 0.29) is 5.91 Å². The second-order valence-corrected chi connectivity index (χ2v) is 3.72. The Morgan fingerprint density at radius 2 is 2.00 bits per heavy atom. The standard InChI is InChI=1S/C12H16ClNO/c1-2-10-5-3-4-6-11(10)9-14-12(15)7-8-13/h3-6H,2,7-9H2,1H3,(H,14,15). The Labute approximate surface area is 95.6 Å². The van der Waals surface area contributed by atoms with Crippen molar-refractivity contribution >= 4 is 17.5 Å². The Morgan fingerprint density at radius 3 is 2.60 bits per heavy atom. The second kappa shape index (κ2) is 6.46. The normalized spacial score (nSPS) is 10.0. The molecular formula is C12H16ClNO. The van der Waals surface area contributed by atoms with Crippen LogP contribution in [0.3, 0.4) is 0 Å². The first-order valence-electron chi connectivity index (χ1n) is 5.17. The van der Waals surface area contributed by atoms with Gasteiger partial charge in [0, 0.05) is 18.8 Å². The van der Waals surface area contributed by atoms with Gasteiger partial charge >= 0.3 is 0 Å². The van der Waals surface area contributed by atoms with Gasteiger partial charge in [-0.3, -0.25) is 4.79 Å². The fourth-order valence-electron chi connectivity index (χ4n) is 1.44. The van der Waals surface area contributed by atoms with Crippen LogP contribution < -0.4 is 5.32 Å². The molecule has 3 heteroatoms. The first-order chi connectivity index (χ1) is 7.27. The zero-order valence-corrected chi connectivity index (χ0v) is 9.68. The molecule has 1 amide bonds. The molecule has 0 saturated heterocycles. The van der Waals surface area contributed by atoms with Crippen molar-refractivity contribution in [3.8, 4) is 0 Å². The Bertz CT molecular complexity index is 325. The smallest absolute Gasteiger partial charge is 0.221 e. The predicted octanol–water partition coefficient (Wildman–Crippen LogP) is 2.49. The molecular weight excluding hydrogens is 210 g/mol. The Kier molecular flexibility index (Phi) is 5.19. The first-order valence-corrected chi connectivity index (χ1v) is 5.70. The summed E-state index contributed by atoms with van der Waals surface area (Å²) in [7, 11) is 0. The molecule has 0 fully saturated rings. The van der Waals surface area contributed by atoms with Crippen LogP contribution in [0.5, 0.6) is 0 Å². The van der Waals surface area contributed by atoms with Gasteiger partial charge < -0.3 is 5.32 Å². The molecule has 0 spiro atoms. The highest BCUT2D eigenvalue weighted by Crippen LogP contribution is 2.08. The molecule has 1 aromatic rings. The van der Waals surface area contributed by atoms with Gasteiger partial charge in [0.1, 0.15) is 0 Å². The average Bonchev–Trinajstić information content (AvgIpc) is 2.27. The van der Waals surface area contributed by atoms with Crippen LogP contribution in [0.1, 0.15) is 24.5 Å². The minimum Gasteiger partial charge on any atom is -0.352 e. The van der Waals surface area contributed by atoms with E-state index in [0.29, 0.717) is 18.8 Å². The molecule has 15 heavy (non-hydrogen) atoms. The maximum atomic E-state index is 11.2. The highest BCUT2D eigenvalue weighted by Gasteiger charge is 2.02. The molecule has 0 unspecified atom stereocenters. The maximum Gasteiger partial charge on any atom is 0.221 e. The van der Waals surface area contributed by atoms with Gasteiger partial charge in [-0.25, -0.2) is 0 Å². The Morgan fingerprint density at radius 1 is 1.33 bits per heavy atom. The van der Waals surface area contributed by atoms with E-state index in [1.54, 1.807) is 0 Å². The molecule has 1 N–H and O–H groups in total. The largest absolute Gasteiger partial charge is 0.352 e. The molecule has 0 heterocycles. The van der Waals surface area contributed by atoms with Crippen molar-refractivity contribution in [2.24, 2.45) is 0 Å². The molecule has 0 saturated carbocycles. The van der Waals surface area contributed by atoms with E-state index in [1.807, 2.05) is 18.2 Å². The van der Waals surface area contributed by atoms with Crippen LogP contribution in [-0.2, 0) is 17.8 Å². The summed E-state index contributed by atoms with van der Waals surface area (Å²) in [6, 6.07) is 8.13. The molecule has 82 valence electrons. The molecule has 0 aliphatic heterocycles. The van der Waals surface area contributed by atoms with Gasteiger partial charge in [0.2, 0.25) is 5.91 Å². The summed E-state index contributed by atoms with van der Waals surface area (Å²) in [4.78, 5) is 11.2. The summed E-state index contributed by atoms with van der Waals surface area (Å²) in [6.45, 7) is 2.71. The van der Waals surface area contributed by atoms with Crippen LogP contribution in [0.25, 0.3) is 0 Å². The van der Waals surface area contributed by atoms with Crippen LogP contribution in [0.15, 0.2) is 24.3 Å². The van der Waals surface area contributed by atoms with E-state index >= 15 is 0 Å². The lowest BCUT2D eigenvalue weighted by Crippen LogP contribution is -2.23. The summed E-state index contributed by atoms with van der Waals surface area (Å²) in [6.07, 6.45) is 1.37. The van der Waals surface area contributed by atoms with Crippen LogP contribution >= 0.6 is 11.6 Å². The number of alkyl halides is 1. The fourth-order valence-corrected chi connectivity index (χ4v) is 1.61. The molecule has 0 radical (unpaired) electrons. The van der Waals surface area contributed by atoms with Crippen molar-refractivity contribution in [1.82, 2.24) is 5.32 Å². The van der Waals surface area contributed by atoms with E-state index in [0.717, 1.165) is 6.42 Å².